The topological polar surface area (TPSA) is 108 Å². The zero-order chi connectivity index (χ0) is 24.0. The normalized spacial score (nSPS) is 14.9. The maximum Gasteiger partial charge on any atom is 0.315 e. The number of anilines is 1. The highest BCUT2D eigenvalue weighted by Gasteiger charge is 2.20. The Morgan fingerprint density at radius 2 is 1.59 bits per heavy atom. The van der Waals surface area contributed by atoms with Crippen molar-refractivity contribution in [2.75, 3.05) is 11.9 Å². The van der Waals surface area contributed by atoms with Crippen molar-refractivity contribution in [2.45, 2.75) is 76.5 Å². The highest BCUT2D eigenvalue weighted by Crippen LogP contribution is 2.18. The summed E-state index contributed by atoms with van der Waals surface area (Å²) in [5.74, 6) is -0.222. The highest BCUT2D eigenvalue weighted by atomic mass is 16.2. The van der Waals surface area contributed by atoms with Crippen molar-refractivity contribution in [3.05, 3.63) is 65.7 Å². The lowest BCUT2D eigenvalue weighted by molar-refractivity contribution is -0.118. The van der Waals surface area contributed by atoms with Gasteiger partial charge in [-0.1, -0.05) is 61.7 Å². The number of urea groups is 1. The van der Waals surface area contributed by atoms with E-state index in [0.717, 1.165) is 30.6 Å². The second-order valence-corrected chi connectivity index (χ2v) is 9.05. The van der Waals surface area contributed by atoms with E-state index >= 15 is 0 Å². The van der Waals surface area contributed by atoms with Crippen molar-refractivity contribution in [1.29, 1.82) is 0 Å². The van der Waals surface area contributed by atoms with Gasteiger partial charge in [0, 0.05) is 24.8 Å². The standard InChI is InChI=1S/C27H39N5O2/c28-18-8-7-13-25(32-27(34)30-20-21-9-3-1-4-10-21)26(33)31-24-16-14-22(15-17-24)19-29-23-11-5-2-6-12-23/h1,3-4,9-10,14-17,23,25,29H,2,5-8,11-13,18-20,28H2,(H,31,33)(H2,30,32,34). The molecule has 1 saturated carbocycles. The predicted molar refractivity (Wildman–Crippen MR) is 137 cm³/mol. The zero-order valence-electron chi connectivity index (χ0n) is 20.0. The van der Waals surface area contributed by atoms with Crippen molar-refractivity contribution in [3.8, 4) is 0 Å². The van der Waals surface area contributed by atoms with Crippen LogP contribution in [0.2, 0.25) is 0 Å². The summed E-state index contributed by atoms with van der Waals surface area (Å²) in [7, 11) is 0. The molecule has 0 aromatic heterocycles. The van der Waals surface area contributed by atoms with Crippen LogP contribution in [0, 0.1) is 0 Å². The van der Waals surface area contributed by atoms with E-state index < -0.39 is 6.04 Å². The largest absolute Gasteiger partial charge is 0.334 e. The number of carbonyl (C=O) groups is 2. The lowest BCUT2D eigenvalue weighted by Crippen LogP contribution is -2.47. The molecule has 0 heterocycles. The number of carbonyl (C=O) groups excluding carboxylic acids is 2. The van der Waals surface area contributed by atoms with Crippen molar-refractivity contribution in [1.82, 2.24) is 16.0 Å². The van der Waals surface area contributed by atoms with E-state index in [1.807, 2.05) is 54.6 Å². The summed E-state index contributed by atoms with van der Waals surface area (Å²) < 4.78 is 0. The van der Waals surface area contributed by atoms with Crippen LogP contribution in [0.25, 0.3) is 0 Å². The fourth-order valence-corrected chi connectivity index (χ4v) is 4.25. The third-order valence-corrected chi connectivity index (χ3v) is 6.29. The Balaban J connectivity index is 1.49. The maximum atomic E-state index is 12.9. The van der Waals surface area contributed by atoms with Gasteiger partial charge in [0.05, 0.1) is 0 Å². The molecule has 1 aliphatic carbocycles. The van der Waals surface area contributed by atoms with Gasteiger partial charge in [0.1, 0.15) is 6.04 Å². The Bertz CT molecular complexity index is 866. The van der Waals surface area contributed by atoms with Gasteiger partial charge in [-0.2, -0.15) is 0 Å². The van der Waals surface area contributed by atoms with Crippen LogP contribution >= 0.6 is 0 Å². The SMILES string of the molecule is NCCCCC(NC(=O)NCc1ccccc1)C(=O)Nc1ccc(CNC2CCCCC2)cc1. The minimum absolute atomic E-state index is 0.222. The van der Waals surface area contributed by atoms with Gasteiger partial charge in [-0.3, -0.25) is 4.79 Å². The Labute approximate surface area is 203 Å². The van der Waals surface area contributed by atoms with E-state index in [4.69, 9.17) is 5.73 Å². The van der Waals surface area contributed by atoms with Gasteiger partial charge in [-0.05, 0) is 61.9 Å². The number of nitrogens with two attached hydrogens (primary N) is 1. The van der Waals surface area contributed by atoms with Crippen LogP contribution in [0.15, 0.2) is 54.6 Å². The average molecular weight is 466 g/mol. The Morgan fingerprint density at radius 1 is 0.882 bits per heavy atom. The van der Waals surface area contributed by atoms with Crippen LogP contribution in [0.4, 0.5) is 10.5 Å². The average Bonchev–Trinajstić information content (AvgIpc) is 2.88. The summed E-state index contributed by atoms with van der Waals surface area (Å²) in [6.07, 6.45) is 8.59. The number of hydrogen-bond acceptors (Lipinski definition) is 4. The number of unbranched alkanes of at least 4 members (excludes halogenated alkanes) is 1. The van der Waals surface area contributed by atoms with E-state index in [1.54, 1.807) is 0 Å². The van der Waals surface area contributed by atoms with Crippen molar-refractivity contribution in [2.24, 2.45) is 5.73 Å². The molecule has 184 valence electrons. The first-order valence-corrected chi connectivity index (χ1v) is 12.6. The smallest absolute Gasteiger partial charge is 0.315 e. The van der Waals surface area contributed by atoms with Gasteiger partial charge in [-0.15, -0.1) is 0 Å². The monoisotopic (exact) mass is 465 g/mol. The Hall–Kier alpha value is -2.90. The number of amides is 3. The van der Waals surface area contributed by atoms with Crippen molar-refractivity contribution in [3.63, 3.8) is 0 Å². The molecule has 0 spiro atoms. The van der Waals surface area contributed by atoms with E-state index in [-0.39, 0.29) is 11.9 Å². The van der Waals surface area contributed by atoms with E-state index in [2.05, 4.69) is 21.3 Å². The van der Waals surface area contributed by atoms with Gasteiger partial charge in [0.15, 0.2) is 0 Å². The van der Waals surface area contributed by atoms with Gasteiger partial charge in [-0.25, -0.2) is 4.79 Å². The molecule has 2 aromatic carbocycles. The molecule has 1 unspecified atom stereocenters. The number of benzene rings is 2. The molecule has 0 bridgehead atoms. The first kappa shape index (κ1) is 25.7. The first-order valence-electron chi connectivity index (χ1n) is 12.6. The molecule has 2 aromatic rings. The van der Waals surface area contributed by atoms with Crippen LogP contribution in [-0.2, 0) is 17.9 Å². The Morgan fingerprint density at radius 3 is 2.29 bits per heavy atom. The molecule has 3 amide bonds. The van der Waals surface area contributed by atoms with Crippen LogP contribution in [-0.4, -0.2) is 30.6 Å². The summed E-state index contributed by atoms with van der Waals surface area (Å²) in [6.45, 7) is 1.80. The molecule has 34 heavy (non-hydrogen) atoms. The molecule has 3 rings (SSSR count). The first-order chi connectivity index (χ1) is 16.6. The molecule has 7 nitrogen and oxygen atoms in total. The molecule has 1 aliphatic rings. The molecule has 0 radical (unpaired) electrons. The summed E-state index contributed by atoms with van der Waals surface area (Å²) in [4.78, 5) is 25.4. The fraction of sp³-hybridized carbons (Fsp3) is 0.481. The quantitative estimate of drug-likeness (QED) is 0.305. The fourth-order valence-electron chi connectivity index (χ4n) is 4.25. The number of hydrogen-bond donors (Lipinski definition) is 5. The third kappa shape index (κ3) is 9.15. The minimum Gasteiger partial charge on any atom is -0.334 e. The molecular weight excluding hydrogens is 426 g/mol. The second kappa shape index (κ2) is 14.4. The summed E-state index contributed by atoms with van der Waals surface area (Å²) in [5, 5.41) is 12.2. The molecule has 6 N–H and O–H groups in total. The van der Waals surface area contributed by atoms with Crippen molar-refractivity contribution >= 4 is 17.6 Å². The zero-order valence-corrected chi connectivity index (χ0v) is 20.0. The third-order valence-electron chi connectivity index (χ3n) is 6.29. The van der Waals surface area contributed by atoms with Gasteiger partial charge < -0.3 is 27.0 Å². The number of nitrogens with one attached hydrogen (secondary N) is 4. The highest BCUT2D eigenvalue weighted by molar-refractivity contribution is 5.97. The van der Waals surface area contributed by atoms with Gasteiger partial charge in [0.2, 0.25) is 5.91 Å². The van der Waals surface area contributed by atoms with E-state index in [0.29, 0.717) is 25.6 Å². The lowest BCUT2D eigenvalue weighted by Gasteiger charge is -2.23. The van der Waals surface area contributed by atoms with Crippen LogP contribution < -0.4 is 27.0 Å². The summed E-state index contributed by atoms with van der Waals surface area (Å²) in [5.41, 5.74) is 8.53. The molecular formula is C27H39N5O2. The molecule has 1 atom stereocenters. The van der Waals surface area contributed by atoms with E-state index in [9.17, 15) is 9.59 Å². The molecule has 1 fully saturated rings. The van der Waals surface area contributed by atoms with Gasteiger partial charge >= 0.3 is 6.03 Å². The van der Waals surface area contributed by atoms with Crippen LogP contribution in [0.5, 0.6) is 0 Å². The van der Waals surface area contributed by atoms with E-state index in [1.165, 1.54) is 37.7 Å². The predicted octanol–water partition coefficient (Wildman–Crippen LogP) is 4.04. The summed E-state index contributed by atoms with van der Waals surface area (Å²) in [6, 6.07) is 17.2. The minimum atomic E-state index is -0.630. The molecule has 0 aliphatic heterocycles. The lowest BCUT2D eigenvalue weighted by atomic mass is 9.95. The second-order valence-electron chi connectivity index (χ2n) is 9.05. The maximum absolute atomic E-state index is 12.9. The van der Waals surface area contributed by atoms with Crippen LogP contribution in [0.3, 0.4) is 0 Å². The van der Waals surface area contributed by atoms with Crippen molar-refractivity contribution < 1.29 is 9.59 Å². The molecule has 7 heteroatoms. The summed E-state index contributed by atoms with van der Waals surface area (Å²) >= 11 is 0. The van der Waals surface area contributed by atoms with Gasteiger partial charge in [0.25, 0.3) is 0 Å². The number of rotatable bonds is 12. The Kier molecular flexibility index (Phi) is 10.9. The van der Waals surface area contributed by atoms with Crippen LogP contribution in [0.1, 0.15) is 62.5 Å². The molecule has 0 saturated heterocycles.